The predicted molar refractivity (Wildman–Crippen MR) is 99.8 cm³/mol. The number of fused-ring (bicyclic) bond motifs is 1. The van der Waals surface area contributed by atoms with Gasteiger partial charge in [0.15, 0.2) is 5.82 Å². The maximum Gasteiger partial charge on any atom is 0.274 e. The first-order valence-electron chi connectivity index (χ1n) is 9.14. The molecule has 0 saturated heterocycles. The fourth-order valence-corrected chi connectivity index (χ4v) is 3.22. The summed E-state index contributed by atoms with van der Waals surface area (Å²) in [4.78, 5) is 20.8. The number of hydrogen-bond acceptors (Lipinski definition) is 5. The van der Waals surface area contributed by atoms with Gasteiger partial charge >= 0.3 is 0 Å². The molecule has 1 aromatic carbocycles. The molecule has 4 aromatic rings. The molecule has 0 aliphatic heterocycles. The Balaban J connectivity index is 1.52. The Morgan fingerprint density at radius 3 is 2.90 bits per heavy atom. The van der Waals surface area contributed by atoms with E-state index in [0.29, 0.717) is 5.65 Å². The van der Waals surface area contributed by atoms with E-state index in [1.165, 1.54) is 17.5 Å². The normalized spacial score (nSPS) is 18.0. The van der Waals surface area contributed by atoms with Crippen LogP contribution >= 0.6 is 0 Å². The summed E-state index contributed by atoms with van der Waals surface area (Å²) in [6.45, 7) is 1.34. The number of aromatic nitrogens is 4. The maximum absolute atomic E-state index is 15.2. The Morgan fingerprint density at radius 2 is 2.13 bits per heavy atom. The van der Waals surface area contributed by atoms with Gasteiger partial charge in [0.25, 0.3) is 5.91 Å². The quantitative estimate of drug-likeness (QED) is 0.546. The largest absolute Gasteiger partial charge is 0.339 e. The standard InChI is InChI=1S/C20H14F3N5O2/c1-9-12(21)7-11(18-26-20(30-27-18)10-6-13(10)22)16(23)17(9)25-19(29)14-8-24-15-4-2-3-5-28(14)15/h2-5,7-8,10,13H,6H2,1H3,(H,25,29)/t10-,13-/m1/s1. The number of pyridine rings is 1. The number of imidazole rings is 1. The van der Waals surface area contributed by atoms with Crippen molar-refractivity contribution in [3.05, 3.63) is 65.4 Å². The molecule has 1 saturated carbocycles. The van der Waals surface area contributed by atoms with Crippen LogP contribution in [0.1, 0.15) is 34.3 Å². The highest BCUT2D eigenvalue weighted by Crippen LogP contribution is 2.43. The van der Waals surface area contributed by atoms with E-state index in [9.17, 15) is 13.6 Å². The number of rotatable bonds is 4. The molecular formula is C20H14F3N5O2. The zero-order valence-electron chi connectivity index (χ0n) is 15.6. The second kappa shape index (κ2) is 6.68. The van der Waals surface area contributed by atoms with Gasteiger partial charge in [-0.1, -0.05) is 11.2 Å². The van der Waals surface area contributed by atoms with Gasteiger partial charge in [-0.05, 0) is 31.5 Å². The van der Waals surface area contributed by atoms with Crippen molar-refractivity contribution in [3.8, 4) is 11.4 Å². The van der Waals surface area contributed by atoms with E-state index in [4.69, 9.17) is 4.52 Å². The lowest BCUT2D eigenvalue weighted by Gasteiger charge is -2.12. The first kappa shape index (κ1) is 18.3. The molecule has 0 bridgehead atoms. The van der Waals surface area contributed by atoms with Crippen molar-refractivity contribution in [1.82, 2.24) is 19.5 Å². The van der Waals surface area contributed by atoms with Crippen LogP contribution in [0.4, 0.5) is 18.9 Å². The van der Waals surface area contributed by atoms with Gasteiger partial charge in [0, 0.05) is 11.8 Å². The van der Waals surface area contributed by atoms with Crippen molar-refractivity contribution in [2.45, 2.75) is 25.4 Å². The Morgan fingerprint density at radius 1 is 1.33 bits per heavy atom. The molecule has 2 atom stereocenters. The highest BCUT2D eigenvalue weighted by Gasteiger charge is 2.43. The summed E-state index contributed by atoms with van der Waals surface area (Å²) in [5, 5.41) is 6.05. The molecule has 3 heterocycles. The second-order valence-corrected chi connectivity index (χ2v) is 7.06. The van der Waals surface area contributed by atoms with Crippen LogP contribution in [-0.2, 0) is 0 Å². The number of nitrogens with one attached hydrogen (secondary N) is 1. The summed E-state index contributed by atoms with van der Waals surface area (Å²) in [6, 6.07) is 6.10. The number of nitrogens with zero attached hydrogens (tertiary/aromatic N) is 4. The number of halogens is 3. The number of anilines is 1. The van der Waals surface area contributed by atoms with Crippen LogP contribution in [0.15, 0.2) is 41.2 Å². The first-order valence-corrected chi connectivity index (χ1v) is 9.14. The van der Waals surface area contributed by atoms with Gasteiger partial charge in [-0.15, -0.1) is 0 Å². The smallest absolute Gasteiger partial charge is 0.274 e. The fraction of sp³-hybridized carbons (Fsp3) is 0.200. The molecule has 152 valence electrons. The third-order valence-electron chi connectivity index (χ3n) is 5.06. The molecule has 0 radical (unpaired) electrons. The summed E-state index contributed by atoms with van der Waals surface area (Å²) in [5.74, 6) is -3.05. The third kappa shape index (κ3) is 2.92. The summed E-state index contributed by atoms with van der Waals surface area (Å²) in [5.41, 5.74) is -0.0436. The molecule has 5 rings (SSSR count). The number of carbonyl (C=O) groups is 1. The lowest BCUT2D eigenvalue weighted by atomic mass is 10.1. The van der Waals surface area contributed by atoms with Crippen molar-refractivity contribution in [2.24, 2.45) is 0 Å². The molecule has 1 aliphatic rings. The summed E-state index contributed by atoms with van der Waals surface area (Å²) < 4.78 is 49.4. The highest BCUT2D eigenvalue weighted by atomic mass is 19.1. The minimum absolute atomic E-state index is 0.0363. The lowest BCUT2D eigenvalue weighted by Crippen LogP contribution is -2.17. The SMILES string of the molecule is Cc1c(F)cc(-c2noc([C@@H]3C[C@H]3F)n2)c(F)c1NC(=O)c1cnc2ccccn12. The van der Waals surface area contributed by atoms with Crippen LogP contribution in [0.5, 0.6) is 0 Å². The minimum atomic E-state index is -1.07. The summed E-state index contributed by atoms with van der Waals surface area (Å²) >= 11 is 0. The van der Waals surface area contributed by atoms with Gasteiger partial charge in [-0.2, -0.15) is 4.98 Å². The lowest BCUT2D eigenvalue weighted by molar-refractivity contribution is 0.102. The van der Waals surface area contributed by atoms with Crippen LogP contribution in [0.2, 0.25) is 0 Å². The first-order chi connectivity index (χ1) is 14.4. The fourth-order valence-electron chi connectivity index (χ4n) is 3.22. The van der Waals surface area contributed by atoms with Crippen LogP contribution < -0.4 is 5.32 Å². The van der Waals surface area contributed by atoms with Crippen molar-refractivity contribution in [2.75, 3.05) is 5.32 Å². The predicted octanol–water partition coefficient (Wildman–Crippen LogP) is 4.05. The number of alkyl halides is 1. The van der Waals surface area contributed by atoms with E-state index in [2.05, 4.69) is 20.4 Å². The molecule has 1 aliphatic carbocycles. The molecule has 30 heavy (non-hydrogen) atoms. The van der Waals surface area contributed by atoms with Gasteiger partial charge in [0.05, 0.1) is 23.4 Å². The second-order valence-electron chi connectivity index (χ2n) is 7.06. The molecule has 10 heteroatoms. The van der Waals surface area contributed by atoms with E-state index in [-0.39, 0.29) is 40.6 Å². The van der Waals surface area contributed by atoms with Gasteiger partial charge in [0.2, 0.25) is 11.7 Å². The molecule has 1 N–H and O–H groups in total. The number of benzene rings is 1. The highest BCUT2D eigenvalue weighted by molar-refractivity contribution is 6.04. The zero-order chi connectivity index (χ0) is 21.0. The molecule has 3 aromatic heterocycles. The van der Waals surface area contributed by atoms with Gasteiger partial charge in [-0.25, -0.2) is 18.2 Å². The van der Waals surface area contributed by atoms with Crippen LogP contribution in [0.3, 0.4) is 0 Å². The summed E-state index contributed by atoms with van der Waals surface area (Å²) in [6.07, 6.45) is 2.16. The van der Waals surface area contributed by atoms with Gasteiger partial charge < -0.3 is 9.84 Å². The third-order valence-corrected chi connectivity index (χ3v) is 5.06. The van der Waals surface area contributed by atoms with Crippen LogP contribution in [0.25, 0.3) is 17.0 Å². The molecular weight excluding hydrogens is 399 g/mol. The number of carbonyl (C=O) groups excluding carboxylic acids is 1. The van der Waals surface area contributed by atoms with Crippen molar-refractivity contribution < 1.29 is 22.5 Å². The van der Waals surface area contributed by atoms with Crippen molar-refractivity contribution >= 4 is 17.2 Å². The maximum atomic E-state index is 15.2. The molecule has 1 amide bonds. The molecule has 0 unspecified atom stereocenters. The van der Waals surface area contributed by atoms with E-state index < -0.39 is 29.6 Å². The molecule has 7 nitrogen and oxygen atoms in total. The van der Waals surface area contributed by atoms with E-state index in [1.54, 1.807) is 24.4 Å². The van der Waals surface area contributed by atoms with E-state index >= 15 is 4.39 Å². The minimum Gasteiger partial charge on any atom is -0.339 e. The zero-order valence-corrected chi connectivity index (χ0v) is 15.6. The number of amides is 1. The van der Waals surface area contributed by atoms with Crippen molar-refractivity contribution in [3.63, 3.8) is 0 Å². The number of hydrogen-bond donors (Lipinski definition) is 1. The Labute approximate surface area is 167 Å². The monoisotopic (exact) mass is 413 g/mol. The van der Waals surface area contributed by atoms with Gasteiger partial charge in [-0.3, -0.25) is 9.20 Å². The molecule has 0 spiro atoms. The summed E-state index contributed by atoms with van der Waals surface area (Å²) in [7, 11) is 0. The Hall–Kier alpha value is -3.69. The van der Waals surface area contributed by atoms with Crippen LogP contribution in [0, 0.1) is 18.6 Å². The van der Waals surface area contributed by atoms with E-state index in [1.807, 2.05) is 0 Å². The van der Waals surface area contributed by atoms with Crippen LogP contribution in [-0.4, -0.2) is 31.6 Å². The Bertz CT molecular complexity index is 1300. The van der Waals surface area contributed by atoms with Gasteiger partial charge in [0.1, 0.15) is 23.3 Å². The molecule has 1 fully saturated rings. The van der Waals surface area contributed by atoms with E-state index in [0.717, 1.165) is 6.07 Å². The Kier molecular flexibility index (Phi) is 4.09. The average molecular weight is 413 g/mol. The average Bonchev–Trinajstić information content (AvgIpc) is 3.14. The topological polar surface area (TPSA) is 85.3 Å². The van der Waals surface area contributed by atoms with Crippen molar-refractivity contribution in [1.29, 1.82) is 0 Å².